The summed E-state index contributed by atoms with van der Waals surface area (Å²) < 4.78 is 11.4. The number of aryl methyl sites for hydroxylation is 2. The number of amides is 1. The topological polar surface area (TPSA) is 68.5 Å². The molecule has 128 valence electrons. The summed E-state index contributed by atoms with van der Waals surface area (Å²) >= 11 is 1.56. The molecule has 2 aromatic heterocycles. The Labute approximate surface area is 144 Å². The van der Waals surface area contributed by atoms with Gasteiger partial charge in [-0.2, -0.15) is 4.98 Å². The predicted molar refractivity (Wildman–Crippen MR) is 89.2 cm³/mol. The lowest BCUT2D eigenvalue weighted by Crippen LogP contribution is -2.50. The average Bonchev–Trinajstić information content (AvgIpc) is 3.21. The molecular weight excluding hydrogens is 326 g/mol. The van der Waals surface area contributed by atoms with Crippen molar-refractivity contribution in [3.05, 3.63) is 33.6 Å². The van der Waals surface area contributed by atoms with Crippen LogP contribution in [0.3, 0.4) is 0 Å². The number of ether oxygens (including phenoxy) is 1. The lowest BCUT2D eigenvalue weighted by Gasteiger charge is -2.43. The van der Waals surface area contributed by atoms with E-state index in [9.17, 15) is 4.79 Å². The average molecular weight is 347 g/mol. The third kappa shape index (κ3) is 2.86. The van der Waals surface area contributed by atoms with Gasteiger partial charge in [0.1, 0.15) is 0 Å². The molecule has 0 unspecified atom stereocenters. The van der Waals surface area contributed by atoms with E-state index in [-0.39, 0.29) is 23.8 Å². The molecule has 0 aliphatic carbocycles. The zero-order valence-electron chi connectivity index (χ0n) is 13.9. The second-order valence-electron chi connectivity index (χ2n) is 6.60. The van der Waals surface area contributed by atoms with E-state index in [1.54, 1.807) is 11.3 Å². The Hall–Kier alpha value is -1.73. The zero-order valence-corrected chi connectivity index (χ0v) is 14.7. The van der Waals surface area contributed by atoms with Crippen molar-refractivity contribution in [3.63, 3.8) is 0 Å². The molecule has 2 aliphatic rings. The summed E-state index contributed by atoms with van der Waals surface area (Å²) in [5.74, 6) is 1.86. The van der Waals surface area contributed by atoms with Gasteiger partial charge in [-0.3, -0.25) is 4.79 Å². The Morgan fingerprint density at radius 1 is 1.33 bits per heavy atom. The molecular formula is C17H21N3O3S. The van der Waals surface area contributed by atoms with Crippen molar-refractivity contribution in [1.82, 2.24) is 15.0 Å². The second-order valence-corrected chi connectivity index (χ2v) is 7.89. The van der Waals surface area contributed by atoms with Crippen molar-refractivity contribution in [2.45, 2.75) is 38.7 Å². The molecule has 0 saturated carbocycles. The maximum absolute atomic E-state index is 12.8. The van der Waals surface area contributed by atoms with E-state index in [0.29, 0.717) is 24.9 Å². The van der Waals surface area contributed by atoms with Crippen LogP contribution in [0.2, 0.25) is 0 Å². The Balaban J connectivity index is 1.54. The van der Waals surface area contributed by atoms with Crippen LogP contribution < -0.4 is 0 Å². The number of piperidine rings is 1. The van der Waals surface area contributed by atoms with E-state index in [1.807, 2.05) is 30.9 Å². The molecule has 4 rings (SSSR count). The molecule has 3 atom stereocenters. The van der Waals surface area contributed by atoms with Crippen LogP contribution in [-0.2, 0) is 4.74 Å². The van der Waals surface area contributed by atoms with Gasteiger partial charge in [-0.1, -0.05) is 5.16 Å². The highest BCUT2D eigenvalue weighted by Gasteiger charge is 2.42. The highest BCUT2D eigenvalue weighted by molar-refractivity contribution is 7.13. The van der Waals surface area contributed by atoms with Crippen molar-refractivity contribution >= 4 is 17.2 Å². The van der Waals surface area contributed by atoms with Crippen LogP contribution in [0.4, 0.5) is 0 Å². The highest BCUT2D eigenvalue weighted by atomic mass is 32.1. The van der Waals surface area contributed by atoms with Gasteiger partial charge < -0.3 is 14.2 Å². The van der Waals surface area contributed by atoms with Gasteiger partial charge in [0, 0.05) is 36.4 Å². The summed E-state index contributed by atoms with van der Waals surface area (Å²) in [6.45, 7) is 6.00. The summed E-state index contributed by atoms with van der Waals surface area (Å²) in [6, 6.07) is 3.92. The van der Waals surface area contributed by atoms with Crippen molar-refractivity contribution in [2.75, 3.05) is 19.7 Å². The van der Waals surface area contributed by atoms with Gasteiger partial charge in [0.2, 0.25) is 5.89 Å². The molecule has 7 heteroatoms. The van der Waals surface area contributed by atoms with E-state index in [0.717, 1.165) is 29.1 Å². The summed E-state index contributed by atoms with van der Waals surface area (Å²) in [7, 11) is 0. The summed E-state index contributed by atoms with van der Waals surface area (Å²) in [5.41, 5.74) is 0. The number of thiophene rings is 1. The lowest BCUT2D eigenvalue weighted by molar-refractivity contribution is -0.0756. The molecule has 2 saturated heterocycles. The largest absolute Gasteiger partial charge is 0.378 e. The van der Waals surface area contributed by atoms with Crippen LogP contribution in [0.25, 0.3) is 0 Å². The number of carbonyl (C=O) groups is 1. The molecule has 0 spiro atoms. The van der Waals surface area contributed by atoms with E-state index in [1.165, 1.54) is 0 Å². The number of fused-ring (bicyclic) bond motifs is 1. The molecule has 0 bridgehead atoms. The highest BCUT2D eigenvalue weighted by Crippen LogP contribution is 2.39. The van der Waals surface area contributed by atoms with E-state index in [4.69, 9.17) is 9.26 Å². The molecule has 2 fully saturated rings. The van der Waals surface area contributed by atoms with Crippen LogP contribution in [0.1, 0.15) is 45.0 Å². The van der Waals surface area contributed by atoms with Gasteiger partial charge in [-0.15, -0.1) is 11.3 Å². The molecule has 1 amide bonds. The number of aromatic nitrogens is 2. The fourth-order valence-electron chi connectivity index (χ4n) is 3.77. The third-order valence-corrected chi connectivity index (χ3v) is 5.96. The van der Waals surface area contributed by atoms with Crippen molar-refractivity contribution in [3.8, 4) is 0 Å². The SMILES string of the molecule is Cc1noc([C@@H]2CCO[C@@H]3CCN(C(=O)c4ccc(C)s4)C[C@@H]32)n1. The van der Waals surface area contributed by atoms with Gasteiger partial charge >= 0.3 is 0 Å². The van der Waals surface area contributed by atoms with E-state index in [2.05, 4.69) is 10.1 Å². The maximum atomic E-state index is 12.8. The zero-order chi connectivity index (χ0) is 16.7. The van der Waals surface area contributed by atoms with Crippen molar-refractivity contribution < 1.29 is 14.1 Å². The van der Waals surface area contributed by atoms with Gasteiger partial charge in [0.05, 0.1) is 11.0 Å². The van der Waals surface area contributed by atoms with Gasteiger partial charge in [0.15, 0.2) is 5.82 Å². The molecule has 2 aromatic rings. The Bertz CT molecular complexity index is 741. The monoisotopic (exact) mass is 347 g/mol. The molecule has 0 N–H and O–H groups in total. The van der Waals surface area contributed by atoms with Crippen LogP contribution in [0, 0.1) is 19.8 Å². The first-order valence-electron chi connectivity index (χ1n) is 8.39. The minimum absolute atomic E-state index is 0.123. The van der Waals surface area contributed by atoms with E-state index >= 15 is 0 Å². The van der Waals surface area contributed by atoms with Crippen LogP contribution in [0.5, 0.6) is 0 Å². The van der Waals surface area contributed by atoms with Crippen LogP contribution in [-0.4, -0.2) is 46.7 Å². The summed E-state index contributed by atoms with van der Waals surface area (Å²) in [5, 5.41) is 3.93. The fourth-order valence-corrected chi connectivity index (χ4v) is 4.61. The fraction of sp³-hybridized carbons (Fsp3) is 0.588. The first-order valence-corrected chi connectivity index (χ1v) is 9.21. The Morgan fingerprint density at radius 2 is 2.21 bits per heavy atom. The summed E-state index contributed by atoms with van der Waals surface area (Å²) in [6.07, 6.45) is 1.90. The van der Waals surface area contributed by atoms with Crippen LogP contribution >= 0.6 is 11.3 Å². The molecule has 6 nitrogen and oxygen atoms in total. The van der Waals surface area contributed by atoms with E-state index < -0.39 is 0 Å². The summed E-state index contributed by atoms with van der Waals surface area (Å²) in [4.78, 5) is 21.1. The lowest BCUT2D eigenvalue weighted by atomic mass is 9.79. The minimum Gasteiger partial charge on any atom is -0.378 e. The Morgan fingerprint density at radius 3 is 2.92 bits per heavy atom. The quantitative estimate of drug-likeness (QED) is 0.835. The Kier molecular flexibility index (Phi) is 4.14. The van der Waals surface area contributed by atoms with Crippen LogP contribution in [0.15, 0.2) is 16.7 Å². The first kappa shape index (κ1) is 15.8. The number of likely N-dealkylation sites (tertiary alicyclic amines) is 1. The minimum atomic E-state index is 0.123. The van der Waals surface area contributed by atoms with Crippen molar-refractivity contribution in [2.24, 2.45) is 5.92 Å². The predicted octanol–water partition coefficient (Wildman–Crippen LogP) is 2.78. The number of rotatable bonds is 2. The van der Waals surface area contributed by atoms with Gasteiger partial charge in [0.25, 0.3) is 5.91 Å². The van der Waals surface area contributed by atoms with Gasteiger partial charge in [-0.25, -0.2) is 0 Å². The third-order valence-electron chi connectivity index (χ3n) is 4.97. The molecule has 2 aliphatic heterocycles. The number of nitrogens with zero attached hydrogens (tertiary/aromatic N) is 3. The normalized spacial score (nSPS) is 27.1. The maximum Gasteiger partial charge on any atom is 0.263 e. The van der Waals surface area contributed by atoms with Crippen molar-refractivity contribution in [1.29, 1.82) is 0 Å². The smallest absolute Gasteiger partial charge is 0.263 e. The molecule has 4 heterocycles. The molecule has 0 aromatic carbocycles. The second kappa shape index (κ2) is 6.29. The molecule has 0 radical (unpaired) electrons. The number of hydrogen-bond acceptors (Lipinski definition) is 6. The number of carbonyl (C=O) groups excluding carboxylic acids is 1. The van der Waals surface area contributed by atoms with Gasteiger partial charge in [-0.05, 0) is 38.8 Å². The standard InChI is InChI=1S/C17H21N3O3S/c1-10-3-4-15(24-10)17(21)20-7-5-14-13(9-20)12(6-8-22-14)16-18-11(2)19-23-16/h3-4,12-14H,5-9H2,1-2H3/t12-,13-,14-/m1/s1. The first-order chi connectivity index (χ1) is 11.6. The number of hydrogen-bond donors (Lipinski definition) is 0. The molecule has 24 heavy (non-hydrogen) atoms.